The maximum atomic E-state index is 10.0. The van der Waals surface area contributed by atoms with Gasteiger partial charge in [-0.25, -0.2) is 0 Å². The molecule has 0 bridgehead atoms. The van der Waals surface area contributed by atoms with Gasteiger partial charge >= 0.3 is 0 Å². The molecule has 1 aliphatic carbocycles. The van der Waals surface area contributed by atoms with Gasteiger partial charge in [0.1, 0.15) is 5.75 Å². The molecule has 2 N–H and O–H groups in total. The topological polar surface area (TPSA) is 41.5 Å². The summed E-state index contributed by atoms with van der Waals surface area (Å²) in [4.78, 5) is 0. The zero-order valence-corrected chi connectivity index (χ0v) is 13.8. The number of methoxy groups -OCH3 is 1. The van der Waals surface area contributed by atoms with Crippen molar-refractivity contribution in [3.8, 4) is 16.9 Å². The molecule has 2 aromatic carbocycles. The molecule has 0 saturated heterocycles. The summed E-state index contributed by atoms with van der Waals surface area (Å²) in [6.07, 6.45) is 2.78. The highest BCUT2D eigenvalue weighted by molar-refractivity contribution is 5.64. The second-order valence-electron chi connectivity index (χ2n) is 6.43. The zero-order chi connectivity index (χ0) is 16.2. The lowest BCUT2D eigenvalue weighted by Gasteiger charge is -2.12. The van der Waals surface area contributed by atoms with Crippen LogP contribution in [0.5, 0.6) is 5.75 Å². The molecule has 2 aromatic rings. The molecule has 0 unspecified atom stereocenters. The summed E-state index contributed by atoms with van der Waals surface area (Å²) in [5.74, 6) is 1.44. The Morgan fingerprint density at radius 2 is 1.61 bits per heavy atom. The van der Waals surface area contributed by atoms with Gasteiger partial charge in [-0.05, 0) is 61.1 Å². The van der Waals surface area contributed by atoms with Crippen LogP contribution in [0.2, 0.25) is 0 Å². The predicted octanol–water partition coefficient (Wildman–Crippen LogP) is 3.26. The Hall–Kier alpha value is -1.84. The second-order valence-corrected chi connectivity index (χ2v) is 6.43. The van der Waals surface area contributed by atoms with Gasteiger partial charge < -0.3 is 15.2 Å². The van der Waals surface area contributed by atoms with Crippen LogP contribution in [0.3, 0.4) is 0 Å². The van der Waals surface area contributed by atoms with Crippen LogP contribution in [0.15, 0.2) is 48.5 Å². The molecular formula is C20H25NO2. The molecule has 0 heterocycles. The smallest absolute Gasteiger partial charge is 0.118 e. The number of ether oxygens (including phenoxy) is 1. The van der Waals surface area contributed by atoms with Gasteiger partial charge in [0.15, 0.2) is 0 Å². The van der Waals surface area contributed by atoms with Crippen molar-refractivity contribution in [2.45, 2.75) is 31.4 Å². The van der Waals surface area contributed by atoms with Gasteiger partial charge in [-0.3, -0.25) is 0 Å². The van der Waals surface area contributed by atoms with Crippen molar-refractivity contribution in [2.24, 2.45) is 5.92 Å². The molecule has 3 nitrogen and oxygen atoms in total. The van der Waals surface area contributed by atoms with Gasteiger partial charge in [-0.1, -0.05) is 36.4 Å². The highest BCUT2D eigenvalue weighted by Crippen LogP contribution is 2.30. The first-order valence-corrected chi connectivity index (χ1v) is 8.28. The van der Waals surface area contributed by atoms with Gasteiger partial charge in [0.05, 0.1) is 13.2 Å². The molecule has 1 fully saturated rings. The van der Waals surface area contributed by atoms with E-state index in [0.29, 0.717) is 5.92 Å². The van der Waals surface area contributed by atoms with Crippen molar-refractivity contribution in [3.05, 3.63) is 54.1 Å². The Kier molecular flexibility index (Phi) is 4.99. The normalized spacial score (nSPS) is 23.9. The molecule has 0 aliphatic heterocycles. The first-order valence-electron chi connectivity index (χ1n) is 8.28. The zero-order valence-electron chi connectivity index (χ0n) is 13.8. The third-order valence-electron chi connectivity index (χ3n) is 4.90. The van der Waals surface area contributed by atoms with Gasteiger partial charge in [-0.15, -0.1) is 0 Å². The molecule has 0 radical (unpaired) electrons. The Morgan fingerprint density at radius 3 is 2.13 bits per heavy atom. The average Bonchev–Trinajstić information content (AvgIpc) is 2.95. The fourth-order valence-corrected chi connectivity index (χ4v) is 3.55. The summed E-state index contributed by atoms with van der Waals surface area (Å²) in [6.45, 7) is 0. The van der Waals surface area contributed by atoms with E-state index >= 15 is 0 Å². The van der Waals surface area contributed by atoms with E-state index in [9.17, 15) is 5.11 Å². The summed E-state index contributed by atoms with van der Waals surface area (Å²) in [7, 11) is 3.61. The number of hydrogen-bond donors (Lipinski definition) is 2. The molecule has 3 atom stereocenters. The Labute approximate surface area is 138 Å². The van der Waals surface area contributed by atoms with Crippen LogP contribution < -0.4 is 10.1 Å². The number of aliphatic hydroxyl groups excluding tert-OH is 1. The van der Waals surface area contributed by atoms with Crippen LogP contribution in [-0.4, -0.2) is 31.4 Å². The summed E-state index contributed by atoms with van der Waals surface area (Å²) in [5, 5.41) is 13.2. The Bertz CT molecular complexity index is 621. The lowest BCUT2D eigenvalue weighted by Crippen LogP contribution is -2.32. The quantitative estimate of drug-likeness (QED) is 0.890. The maximum absolute atomic E-state index is 10.0. The Morgan fingerprint density at radius 1 is 1.00 bits per heavy atom. The van der Waals surface area contributed by atoms with Crippen molar-refractivity contribution in [1.29, 1.82) is 0 Å². The molecular weight excluding hydrogens is 286 g/mol. The van der Waals surface area contributed by atoms with Crippen molar-refractivity contribution >= 4 is 0 Å². The maximum Gasteiger partial charge on any atom is 0.118 e. The highest BCUT2D eigenvalue weighted by atomic mass is 16.5. The van der Waals surface area contributed by atoms with Crippen molar-refractivity contribution in [2.75, 3.05) is 14.2 Å². The molecule has 3 rings (SSSR count). The summed E-state index contributed by atoms with van der Waals surface area (Å²) < 4.78 is 5.20. The van der Waals surface area contributed by atoms with Crippen molar-refractivity contribution in [1.82, 2.24) is 5.32 Å². The van der Waals surface area contributed by atoms with Gasteiger partial charge in [0.2, 0.25) is 0 Å². The summed E-state index contributed by atoms with van der Waals surface area (Å²) in [5.41, 5.74) is 3.76. The van der Waals surface area contributed by atoms with Crippen LogP contribution in [0, 0.1) is 5.92 Å². The number of aliphatic hydroxyl groups is 1. The fraction of sp³-hybridized carbons (Fsp3) is 0.400. The predicted molar refractivity (Wildman–Crippen MR) is 93.7 cm³/mol. The number of rotatable bonds is 5. The van der Waals surface area contributed by atoms with Crippen LogP contribution in [0.4, 0.5) is 0 Å². The van der Waals surface area contributed by atoms with Crippen LogP contribution >= 0.6 is 0 Å². The van der Waals surface area contributed by atoms with E-state index in [1.54, 1.807) is 7.11 Å². The van der Waals surface area contributed by atoms with E-state index in [1.807, 2.05) is 19.2 Å². The fourth-order valence-electron chi connectivity index (χ4n) is 3.55. The van der Waals surface area contributed by atoms with Gasteiger partial charge in [-0.2, -0.15) is 0 Å². The van der Waals surface area contributed by atoms with E-state index in [0.717, 1.165) is 25.0 Å². The van der Waals surface area contributed by atoms with Crippen molar-refractivity contribution < 1.29 is 9.84 Å². The summed E-state index contributed by atoms with van der Waals surface area (Å²) in [6, 6.07) is 17.2. The second kappa shape index (κ2) is 7.16. The molecule has 1 aliphatic rings. The minimum absolute atomic E-state index is 0.205. The number of benzene rings is 2. The number of hydrogen-bond acceptors (Lipinski definition) is 3. The first kappa shape index (κ1) is 16.0. The number of nitrogens with one attached hydrogen (secondary N) is 1. The largest absolute Gasteiger partial charge is 0.497 e. The average molecular weight is 311 g/mol. The highest BCUT2D eigenvalue weighted by Gasteiger charge is 2.31. The lowest BCUT2D eigenvalue weighted by molar-refractivity contribution is 0.150. The third kappa shape index (κ3) is 3.74. The minimum Gasteiger partial charge on any atom is -0.497 e. The van der Waals surface area contributed by atoms with E-state index in [-0.39, 0.29) is 12.1 Å². The molecule has 0 aromatic heterocycles. The van der Waals surface area contributed by atoms with E-state index in [4.69, 9.17) is 4.74 Å². The van der Waals surface area contributed by atoms with Crippen molar-refractivity contribution in [3.63, 3.8) is 0 Å². The number of likely N-dealkylation sites (N-methyl/N-ethyl adjacent to an activating group) is 1. The van der Waals surface area contributed by atoms with Gasteiger partial charge in [0, 0.05) is 6.04 Å². The lowest BCUT2D eigenvalue weighted by atomic mass is 9.96. The summed E-state index contributed by atoms with van der Waals surface area (Å²) >= 11 is 0. The molecule has 23 heavy (non-hydrogen) atoms. The van der Waals surface area contributed by atoms with Crippen LogP contribution in [0.1, 0.15) is 18.4 Å². The van der Waals surface area contributed by atoms with E-state index in [1.165, 1.54) is 16.7 Å². The minimum atomic E-state index is -0.205. The molecule has 0 amide bonds. The molecule has 1 saturated carbocycles. The SMILES string of the molecule is CN[C@@H]1C[C@H](Cc2ccc(-c3ccc(OC)cc3)cc2)C[C@H]1O. The Balaban J connectivity index is 1.65. The van der Waals surface area contributed by atoms with E-state index < -0.39 is 0 Å². The van der Waals surface area contributed by atoms with Crippen LogP contribution in [0.25, 0.3) is 11.1 Å². The standard InChI is InChI=1S/C20H25NO2/c1-21-19-12-15(13-20(19)22)11-14-3-5-16(6-4-14)17-7-9-18(23-2)10-8-17/h3-10,15,19-22H,11-13H2,1-2H3/t15-,19+,20+/m0/s1. The molecule has 122 valence electrons. The molecule has 3 heteroatoms. The molecule has 0 spiro atoms. The monoisotopic (exact) mass is 311 g/mol. The van der Waals surface area contributed by atoms with Gasteiger partial charge in [0.25, 0.3) is 0 Å². The van der Waals surface area contributed by atoms with E-state index in [2.05, 4.69) is 41.7 Å². The first-order chi connectivity index (χ1) is 11.2. The third-order valence-corrected chi connectivity index (χ3v) is 4.90. The van der Waals surface area contributed by atoms with Crippen LogP contribution in [-0.2, 0) is 6.42 Å².